The molecule has 0 fully saturated rings. The fourth-order valence-electron chi connectivity index (χ4n) is 1.17. The number of hydrogen-bond acceptors (Lipinski definition) is 3. The lowest BCUT2D eigenvalue weighted by Gasteiger charge is -2.16. The summed E-state index contributed by atoms with van der Waals surface area (Å²) in [5.74, 6) is -0.441. The Bertz CT molecular complexity index is 446. The first-order valence-electron chi connectivity index (χ1n) is 4.90. The molecule has 1 aromatic rings. The standard InChI is InChI=1S/C11H10ClF3O3/c1-6(16)8-4-7(12)2-3-9(8)18-5-10(17)11(13,14)15/h2-4,10,17H,5H2,1H3. The van der Waals surface area contributed by atoms with E-state index >= 15 is 0 Å². The molecular formula is C11H10ClF3O3. The van der Waals surface area contributed by atoms with E-state index in [-0.39, 0.29) is 16.3 Å². The zero-order valence-corrected chi connectivity index (χ0v) is 10.0. The molecule has 0 heterocycles. The van der Waals surface area contributed by atoms with Crippen molar-refractivity contribution < 1.29 is 27.8 Å². The van der Waals surface area contributed by atoms with Crippen molar-refractivity contribution in [2.75, 3.05) is 6.61 Å². The summed E-state index contributed by atoms with van der Waals surface area (Å²) in [4.78, 5) is 11.2. The molecule has 3 nitrogen and oxygen atoms in total. The Labute approximate surface area is 106 Å². The van der Waals surface area contributed by atoms with Gasteiger partial charge in [0.1, 0.15) is 12.4 Å². The maximum Gasteiger partial charge on any atom is 0.417 e. The van der Waals surface area contributed by atoms with Crippen molar-refractivity contribution in [2.45, 2.75) is 19.2 Å². The molecular weight excluding hydrogens is 273 g/mol. The molecule has 0 aromatic heterocycles. The molecule has 0 saturated heterocycles. The van der Waals surface area contributed by atoms with E-state index in [9.17, 15) is 18.0 Å². The summed E-state index contributed by atoms with van der Waals surface area (Å²) in [6.45, 7) is 0.254. The summed E-state index contributed by atoms with van der Waals surface area (Å²) in [5.41, 5.74) is 0.0666. The Balaban J connectivity index is 2.82. The van der Waals surface area contributed by atoms with E-state index in [2.05, 4.69) is 0 Å². The van der Waals surface area contributed by atoms with Crippen LogP contribution in [0.15, 0.2) is 18.2 Å². The minimum Gasteiger partial charge on any atom is -0.490 e. The number of ketones is 1. The van der Waals surface area contributed by atoms with Gasteiger partial charge in [0.05, 0.1) is 5.56 Å². The van der Waals surface area contributed by atoms with Crippen molar-refractivity contribution in [1.29, 1.82) is 0 Å². The van der Waals surface area contributed by atoms with E-state index in [1.54, 1.807) is 0 Å². The number of benzene rings is 1. The van der Waals surface area contributed by atoms with Gasteiger partial charge in [0, 0.05) is 5.02 Å². The molecule has 1 atom stereocenters. The van der Waals surface area contributed by atoms with Crippen LogP contribution in [0.1, 0.15) is 17.3 Å². The second-order valence-electron chi connectivity index (χ2n) is 3.57. The van der Waals surface area contributed by atoms with Gasteiger partial charge in [0.15, 0.2) is 11.9 Å². The van der Waals surface area contributed by atoms with E-state index in [0.717, 1.165) is 0 Å². The fourth-order valence-corrected chi connectivity index (χ4v) is 1.34. The van der Waals surface area contributed by atoms with Gasteiger partial charge >= 0.3 is 6.18 Å². The predicted octanol–water partition coefficient (Wildman–Crippen LogP) is 2.84. The van der Waals surface area contributed by atoms with Crippen LogP contribution in [0.3, 0.4) is 0 Å². The molecule has 0 aliphatic carbocycles. The van der Waals surface area contributed by atoms with Crippen molar-refractivity contribution in [3.8, 4) is 5.75 Å². The van der Waals surface area contributed by atoms with Gasteiger partial charge < -0.3 is 9.84 Å². The van der Waals surface area contributed by atoms with Crippen LogP contribution in [-0.4, -0.2) is 29.8 Å². The largest absolute Gasteiger partial charge is 0.490 e. The number of aliphatic hydroxyl groups is 1. The van der Waals surface area contributed by atoms with Crippen LogP contribution in [-0.2, 0) is 0 Å². The second kappa shape index (κ2) is 5.58. The molecule has 0 spiro atoms. The molecule has 1 N–H and O–H groups in total. The number of rotatable bonds is 4. The molecule has 1 aromatic carbocycles. The highest BCUT2D eigenvalue weighted by Gasteiger charge is 2.38. The average molecular weight is 283 g/mol. The smallest absolute Gasteiger partial charge is 0.417 e. The predicted molar refractivity (Wildman–Crippen MR) is 59.0 cm³/mol. The van der Waals surface area contributed by atoms with Gasteiger partial charge in [0.25, 0.3) is 0 Å². The number of hydrogen-bond donors (Lipinski definition) is 1. The van der Waals surface area contributed by atoms with Crippen LogP contribution in [0.4, 0.5) is 13.2 Å². The van der Waals surface area contributed by atoms with E-state index in [1.807, 2.05) is 0 Å². The van der Waals surface area contributed by atoms with Crippen LogP contribution >= 0.6 is 11.6 Å². The van der Waals surface area contributed by atoms with Gasteiger partial charge in [-0.15, -0.1) is 0 Å². The molecule has 0 radical (unpaired) electrons. The van der Waals surface area contributed by atoms with Crippen LogP contribution in [0, 0.1) is 0 Å². The topological polar surface area (TPSA) is 46.5 Å². The zero-order valence-electron chi connectivity index (χ0n) is 9.29. The summed E-state index contributed by atoms with van der Waals surface area (Å²) in [5, 5.41) is 9.04. The lowest BCUT2D eigenvalue weighted by molar-refractivity contribution is -0.210. The molecule has 1 rings (SSSR count). The fraction of sp³-hybridized carbons (Fsp3) is 0.364. The zero-order chi connectivity index (χ0) is 13.9. The number of carbonyl (C=O) groups is 1. The van der Waals surface area contributed by atoms with Crippen molar-refractivity contribution in [1.82, 2.24) is 0 Å². The van der Waals surface area contributed by atoms with E-state index in [1.165, 1.54) is 25.1 Å². The van der Waals surface area contributed by atoms with Crippen molar-refractivity contribution in [3.63, 3.8) is 0 Å². The molecule has 18 heavy (non-hydrogen) atoms. The average Bonchev–Trinajstić information content (AvgIpc) is 2.25. The molecule has 0 aliphatic rings. The number of aliphatic hydroxyl groups excluding tert-OH is 1. The van der Waals surface area contributed by atoms with Crippen molar-refractivity contribution in [3.05, 3.63) is 28.8 Å². The Kier molecular flexibility index (Phi) is 4.59. The first kappa shape index (κ1) is 14.8. The molecule has 0 bridgehead atoms. The summed E-state index contributed by atoms with van der Waals surface area (Å²) in [7, 11) is 0. The first-order chi connectivity index (χ1) is 8.21. The van der Waals surface area contributed by atoms with E-state index in [0.29, 0.717) is 0 Å². The molecule has 0 saturated carbocycles. The monoisotopic (exact) mass is 282 g/mol. The first-order valence-corrected chi connectivity index (χ1v) is 5.27. The number of Topliss-reactive ketones (excluding diaryl/α,β-unsaturated/α-hetero) is 1. The normalized spacial score (nSPS) is 13.2. The lowest BCUT2D eigenvalue weighted by atomic mass is 10.1. The Morgan fingerprint density at radius 3 is 2.61 bits per heavy atom. The Hall–Kier alpha value is -1.27. The number of ether oxygens (including phenoxy) is 1. The highest BCUT2D eigenvalue weighted by atomic mass is 35.5. The molecule has 0 amide bonds. The minimum atomic E-state index is -4.76. The quantitative estimate of drug-likeness (QED) is 0.864. The maximum atomic E-state index is 12.1. The molecule has 1 unspecified atom stereocenters. The van der Waals surface area contributed by atoms with Crippen LogP contribution in [0.2, 0.25) is 5.02 Å². The van der Waals surface area contributed by atoms with Gasteiger partial charge in [-0.1, -0.05) is 11.6 Å². The summed E-state index contributed by atoms with van der Waals surface area (Å²) >= 11 is 5.66. The number of halogens is 4. The summed E-state index contributed by atoms with van der Waals surface area (Å²) < 4.78 is 41.0. The van der Waals surface area contributed by atoms with E-state index < -0.39 is 24.7 Å². The van der Waals surface area contributed by atoms with Gasteiger partial charge in [-0.25, -0.2) is 0 Å². The Morgan fingerprint density at radius 1 is 1.50 bits per heavy atom. The third-order valence-corrected chi connectivity index (χ3v) is 2.33. The van der Waals surface area contributed by atoms with Gasteiger partial charge in [-0.2, -0.15) is 13.2 Å². The highest BCUT2D eigenvalue weighted by molar-refractivity contribution is 6.31. The van der Waals surface area contributed by atoms with Crippen molar-refractivity contribution >= 4 is 17.4 Å². The van der Waals surface area contributed by atoms with Crippen LogP contribution in [0.25, 0.3) is 0 Å². The molecule has 7 heteroatoms. The highest BCUT2D eigenvalue weighted by Crippen LogP contribution is 2.25. The van der Waals surface area contributed by atoms with E-state index in [4.69, 9.17) is 21.4 Å². The maximum absolute atomic E-state index is 12.1. The van der Waals surface area contributed by atoms with Crippen molar-refractivity contribution in [2.24, 2.45) is 0 Å². The Morgan fingerprint density at radius 2 is 2.11 bits per heavy atom. The number of alkyl halides is 3. The van der Waals surface area contributed by atoms with Gasteiger partial charge in [0.2, 0.25) is 0 Å². The second-order valence-corrected chi connectivity index (χ2v) is 4.00. The third kappa shape index (κ3) is 3.89. The molecule has 100 valence electrons. The SMILES string of the molecule is CC(=O)c1cc(Cl)ccc1OCC(O)C(F)(F)F. The van der Waals surface area contributed by atoms with Crippen LogP contribution < -0.4 is 4.74 Å². The molecule has 0 aliphatic heterocycles. The minimum absolute atomic E-state index is 0.0461. The van der Waals surface area contributed by atoms with Gasteiger partial charge in [-0.3, -0.25) is 4.79 Å². The summed E-state index contributed by atoms with van der Waals surface area (Å²) in [6, 6.07) is 3.95. The van der Waals surface area contributed by atoms with Gasteiger partial charge in [-0.05, 0) is 25.1 Å². The lowest BCUT2D eigenvalue weighted by Crippen LogP contribution is -2.34. The third-order valence-electron chi connectivity index (χ3n) is 2.10. The number of carbonyl (C=O) groups excluding carboxylic acids is 1. The summed E-state index contributed by atoms with van der Waals surface area (Å²) in [6.07, 6.45) is -7.36. The van der Waals surface area contributed by atoms with Crippen LogP contribution in [0.5, 0.6) is 5.75 Å².